The van der Waals surface area contributed by atoms with Crippen LogP contribution in [0, 0.1) is 0 Å². The molecule has 0 aliphatic carbocycles. The number of likely N-dealkylation sites (N-methyl/N-ethyl adjacent to an activating group) is 1. The van der Waals surface area contributed by atoms with Gasteiger partial charge in [0.25, 0.3) is 0 Å². The topological polar surface area (TPSA) is 110 Å². The monoisotopic (exact) mass is 282 g/mol. The number of carbonyl (C=O) groups excluding carboxylic acids is 1. The van der Waals surface area contributed by atoms with E-state index in [1.165, 1.54) is 7.11 Å². The molecule has 0 heterocycles. The SMILES string of the molecule is COCC(O)CN(C)CCS(=O)(=O)CCC(N)=O. The van der Waals surface area contributed by atoms with E-state index in [9.17, 15) is 18.3 Å². The first-order valence-electron chi connectivity index (χ1n) is 5.61. The first kappa shape index (κ1) is 17.3. The van der Waals surface area contributed by atoms with Gasteiger partial charge >= 0.3 is 0 Å². The molecule has 0 aliphatic rings. The van der Waals surface area contributed by atoms with Crippen LogP contribution in [0.5, 0.6) is 0 Å². The number of aliphatic hydroxyl groups is 1. The van der Waals surface area contributed by atoms with E-state index in [0.717, 1.165) is 0 Å². The standard InChI is InChI=1S/C10H22N2O5S/c1-12(7-9(13)8-17-2)4-6-18(15,16)5-3-10(11)14/h9,13H,3-8H2,1-2H3,(H2,11,14). The van der Waals surface area contributed by atoms with Crippen LogP contribution in [0.3, 0.4) is 0 Å². The highest BCUT2D eigenvalue weighted by molar-refractivity contribution is 7.91. The van der Waals surface area contributed by atoms with E-state index < -0.39 is 21.8 Å². The Kier molecular flexibility index (Phi) is 8.08. The second-order valence-electron chi connectivity index (χ2n) is 4.24. The number of hydrogen-bond donors (Lipinski definition) is 2. The van der Waals surface area contributed by atoms with Crippen molar-refractivity contribution < 1.29 is 23.1 Å². The summed E-state index contributed by atoms with van der Waals surface area (Å²) in [6.07, 6.45) is -0.799. The third kappa shape index (κ3) is 9.34. The molecule has 1 atom stereocenters. The molecule has 1 unspecified atom stereocenters. The van der Waals surface area contributed by atoms with Gasteiger partial charge in [-0.05, 0) is 7.05 Å². The smallest absolute Gasteiger partial charge is 0.218 e. The minimum Gasteiger partial charge on any atom is -0.389 e. The number of rotatable bonds is 10. The normalized spacial score (nSPS) is 13.8. The van der Waals surface area contributed by atoms with Crippen molar-refractivity contribution in [3.8, 4) is 0 Å². The summed E-state index contributed by atoms with van der Waals surface area (Å²) in [5.74, 6) is -0.907. The van der Waals surface area contributed by atoms with Crippen molar-refractivity contribution in [3.05, 3.63) is 0 Å². The predicted octanol–water partition coefficient (Wildman–Crippen LogP) is -1.78. The molecule has 0 aliphatic heterocycles. The molecule has 7 nitrogen and oxygen atoms in total. The Morgan fingerprint density at radius 2 is 2.06 bits per heavy atom. The maximum Gasteiger partial charge on any atom is 0.218 e. The van der Waals surface area contributed by atoms with Gasteiger partial charge in [0.15, 0.2) is 9.84 Å². The molecule has 108 valence electrons. The third-order valence-electron chi connectivity index (χ3n) is 2.32. The molecule has 0 radical (unpaired) electrons. The van der Waals surface area contributed by atoms with Crippen LogP contribution in [0.25, 0.3) is 0 Å². The number of nitrogens with two attached hydrogens (primary N) is 1. The minimum absolute atomic E-state index is 0.0590. The molecule has 3 N–H and O–H groups in total. The number of sulfone groups is 1. The van der Waals surface area contributed by atoms with E-state index in [-0.39, 0.29) is 24.5 Å². The van der Waals surface area contributed by atoms with Gasteiger partial charge in [-0.25, -0.2) is 8.42 Å². The summed E-state index contributed by atoms with van der Waals surface area (Å²) in [6, 6.07) is 0. The lowest BCUT2D eigenvalue weighted by Crippen LogP contribution is -2.35. The number of amides is 1. The van der Waals surface area contributed by atoms with Gasteiger partial charge in [0.1, 0.15) is 0 Å². The second kappa shape index (κ2) is 8.41. The molecular formula is C10H22N2O5S. The molecule has 8 heteroatoms. The van der Waals surface area contributed by atoms with E-state index in [4.69, 9.17) is 10.5 Å². The average Bonchev–Trinajstić information content (AvgIpc) is 2.24. The molecule has 0 saturated carbocycles. The van der Waals surface area contributed by atoms with Gasteiger partial charge in [-0.2, -0.15) is 0 Å². The first-order valence-corrected chi connectivity index (χ1v) is 7.43. The van der Waals surface area contributed by atoms with Gasteiger partial charge in [-0.3, -0.25) is 4.79 Å². The van der Waals surface area contributed by atoms with Crippen molar-refractivity contribution in [2.24, 2.45) is 5.73 Å². The Hall–Kier alpha value is -0.700. The van der Waals surface area contributed by atoms with E-state index >= 15 is 0 Å². The summed E-state index contributed by atoms with van der Waals surface area (Å²) in [6.45, 7) is 0.833. The molecule has 0 rings (SSSR count). The highest BCUT2D eigenvalue weighted by Gasteiger charge is 2.15. The van der Waals surface area contributed by atoms with Gasteiger partial charge in [0, 0.05) is 26.6 Å². The summed E-state index contributed by atoms with van der Waals surface area (Å²) in [5, 5.41) is 9.45. The Morgan fingerprint density at radius 3 is 2.56 bits per heavy atom. The summed E-state index contributed by atoms with van der Waals surface area (Å²) in [4.78, 5) is 12.2. The van der Waals surface area contributed by atoms with Crippen LogP contribution in [0.15, 0.2) is 0 Å². The zero-order chi connectivity index (χ0) is 14.2. The minimum atomic E-state index is -3.28. The fourth-order valence-corrected chi connectivity index (χ4v) is 2.66. The average molecular weight is 282 g/mol. The van der Waals surface area contributed by atoms with Gasteiger partial charge in [-0.1, -0.05) is 0 Å². The number of ether oxygens (including phenoxy) is 1. The lowest BCUT2D eigenvalue weighted by molar-refractivity contribution is -0.117. The molecule has 0 saturated heterocycles. The van der Waals surface area contributed by atoms with Gasteiger partial charge in [-0.15, -0.1) is 0 Å². The Bertz CT molecular complexity index is 344. The van der Waals surface area contributed by atoms with Crippen LogP contribution in [0.4, 0.5) is 0 Å². The fraction of sp³-hybridized carbons (Fsp3) is 0.900. The highest BCUT2D eigenvalue weighted by atomic mass is 32.2. The molecule has 0 spiro atoms. The molecule has 18 heavy (non-hydrogen) atoms. The zero-order valence-corrected chi connectivity index (χ0v) is 11.6. The maximum absolute atomic E-state index is 11.5. The van der Waals surface area contributed by atoms with Crippen molar-refractivity contribution in [1.82, 2.24) is 4.90 Å². The molecule has 1 amide bonds. The largest absolute Gasteiger partial charge is 0.389 e. The summed E-state index contributed by atoms with van der Waals surface area (Å²) in [5.41, 5.74) is 4.89. The van der Waals surface area contributed by atoms with E-state index in [2.05, 4.69) is 0 Å². The van der Waals surface area contributed by atoms with Crippen molar-refractivity contribution in [2.75, 3.05) is 45.4 Å². The zero-order valence-electron chi connectivity index (χ0n) is 10.8. The maximum atomic E-state index is 11.5. The van der Waals surface area contributed by atoms with Crippen molar-refractivity contribution in [2.45, 2.75) is 12.5 Å². The molecule has 0 fully saturated rings. The summed E-state index contributed by atoms with van der Waals surface area (Å²) >= 11 is 0. The van der Waals surface area contributed by atoms with E-state index in [1.54, 1.807) is 11.9 Å². The Morgan fingerprint density at radius 1 is 1.44 bits per heavy atom. The number of nitrogens with zero attached hydrogens (tertiary/aromatic N) is 1. The number of carbonyl (C=O) groups is 1. The lowest BCUT2D eigenvalue weighted by Gasteiger charge is -2.19. The fourth-order valence-electron chi connectivity index (χ4n) is 1.35. The van der Waals surface area contributed by atoms with Crippen molar-refractivity contribution >= 4 is 15.7 Å². The lowest BCUT2D eigenvalue weighted by atomic mass is 10.3. The molecule has 0 bridgehead atoms. The van der Waals surface area contributed by atoms with Gasteiger partial charge in [0.05, 0.1) is 24.2 Å². The van der Waals surface area contributed by atoms with Gasteiger partial charge in [0.2, 0.25) is 5.91 Å². The van der Waals surface area contributed by atoms with Gasteiger partial charge < -0.3 is 20.5 Å². The molecule has 0 aromatic carbocycles. The third-order valence-corrected chi connectivity index (χ3v) is 3.96. The Balaban J connectivity index is 3.96. The number of methoxy groups -OCH3 is 1. The van der Waals surface area contributed by atoms with Crippen LogP contribution in [0.1, 0.15) is 6.42 Å². The molecule has 0 aromatic rings. The number of hydrogen-bond acceptors (Lipinski definition) is 6. The Labute approximate surface area is 108 Å². The van der Waals surface area contributed by atoms with Crippen LogP contribution < -0.4 is 5.73 Å². The highest BCUT2D eigenvalue weighted by Crippen LogP contribution is 1.97. The van der Waals surface area contributed by atoms with Crippen LogP contribution in [0.2, 0.25) is 0 Å². The van der Waals surface area contributed by atoms with Crippen LogP contribution in [-0.2, 0) is 19.4 Å². The second-order valence-corrected chi connectivity index (χ2v) is 6.54. The summed E-state index contributed by atoms with van der Waals surface area (Å²) in [7, 11) is -0.0807. The quantitative estimate of drug-likeness (QED) is 0.490. The van der Waals surface area contributed by atoms with Crippen molar-refractivity contribution in [3.63, 3.8) is 0 Å². The van der Waals surface area contributed by atoms with Crippen LogP contribution >= 0.6 is 0 Å². The van der Waals surface area contributed by atoms with E-state index in [1.807, 2.05) is 0 Å². The molecular weight excluding hydrogens is 260 g/mol. The van der Waals surface area contributed by atoms with E-state index in [0.29, 0.717) is 13.1 Å². The van der Waals surface area contributed by atoms with Crippen molar-refractivity contribution in [1.29, 1.82) is 0 Å². The first-order chi connectivity index (χ1) is 8.26. The summed E-state index contributed by atoms with van der Waals surface area (Å²) < 4.78 is 27.8. The molecule has 0 aromatic heterocycles. The predicted molar refractivity (Wildman–Crippen MR) is 67.8 cm³/mol. The number of primary amides is 1. The van der Waals surface area contributed by atoms with Crippen LogP contribution in [-0.4, -0.2) is 75.8 Å². The number of aliphatic hydroxyl groups excluding tert-OH is 1.